The molecule has 0 saturated carbocycles. The molecule has 0 radical (unpaired) electrons. The lowest BCUT2D eigenvalue weighted by atomic mass is 10.1. The Bertz CT molecular complexity index is 720. The van der Waals surface area contributed by atoms with Gasteiger partial charge in [-0.1, -0.05) is 30.3 Å². The Kier molecular flexibility index (Phi) is 5.00. The van der Waals surface area contributed by atoms with Crippen LogP contribution < -0.4 is 10.5 Å². The van der Waals surface area contributed by atoms with Crippen LogP contribution in [0.5, 0.6) is 0 Å². The van der Waals surface area contributed by atoms with Crippen LogP contribution in [0.1, 0.15) is 11.6 Å². The van der Waals surface area contributed by atoms with E-state index in [9.17, 15) is 13.5 Å². The minimum absolute atomic E-state index is 0.0533. The summed E-state index contributed by atoms with van der Waals surface area (Å²) < 4.78 is 27.8. The van der Waals surface area contributed by atoms with Gasteiger partial charge in [-0.2, -0.15) is 0 Å². The zero-order valence-electron chi connectivity index (χ0n) is 11.0. The third kappa shape index (κ3) is 3.82. The van der Waals surface area contributed by atoms with Crippen molar-refractivity contribution >= 4 is 31.6 Å². The normalized spacial score (nSPS) is 13.0. The molecule has 5 nitrogen and oxygen atoms in total. The molecular formula is C14H15BrN2O3S. The summed E-state index contributed by atoms with van der Waals surface area (Å²) in [4.78, 5) is 0.0533. The van der Waals surface area contributed by atoms with Crippen molar-refractivity contribution < 1.29 is 13.5 Å². The predicted molar refractivity (Wildman–Crippen MR) is 85.1 cm³/mol. The highest BCUT2D eigenvalue weighted by Gasteiger charge is 2.21. The molecule has 2 aromatic rings. The van der Waals surface area contributed by atoms with Crippen molar-refractivity contribution in [2.24, 2.45) is 0 Å². The van der Waals surface area contributed by atoms with E-state index in [2.05, 4.69) is 20.7 Å². The molecular weight excluding hydrogens is 356 g/mol. The van der Waals surface area contributed by atoms with E-state index < -0.39 is 16.1 Å². The van der Waals surface area contributed by atoms with Gasteiger partial charge in [0.05, 0.1) is 17.5 Å². The molecule has 0 aliphatic heterocycles. The lowest BCUT2D eigenvalue weighted by molar-refractivity contribution is 0.259. The van der Waals surface area contributed by atoms with Gasteiger partial charge in [0.1, 0.15) is 0 Å². The van der Waals surface area contributed by atoms with Gasteiger partial charge in [-0.15, -0.1) is 0 Å². The third-order valence-corrected chi connectivity index (χ3v) is 5.15. The molecule has 0 aromatic heterocycles. The van der Waals surface area contributed by atoms with Crippen LogP contribution in [0.25, 0.3) is 0 Å². The van der Waals surface area contributed by atoms with E-state index in [1.54, 1.807) is 30.3 Å². The Hall–Kier alpha value is -1.41. The molecule has 7 heteroatoms. The van der Waals surface area contributed by atoms with E-state index in [1.165, 1.54) is 12.1 Å². The number of rotatable bonds is 5. The van der Waals surface area contributed by atoms with Crippen molar-refractivity contribution in [1.29, 1.82) is 0 Å². The number of nitrogen functional groups attached to an aromatic ring is 1. The highest BCUT2D eigenvalue weighted by molar-refractivity contribution is 9.10. The summed E-state index contributed by atoms with van der Waals surface area (Å²) in [5.41, 5.74) is 6.72. The second-order valence-corrected chi connectivity index (χ2v) is 7.02. The first-order chi connectivity index (χ1) is 9.94. The maximum Gasteiger partial charge on any atom is 0.241 e. The molecule has 0 fully saturated rings. The second-order valence-electron chi connectivity index (χ2n) is 4.45. The summed E-state index contributed by atoms with van der Waals surface area (Å²) in [6.07, 6.45) is 0. The van der Waals surface area contributed by atoms with Crippen LogP contribution >= 0.6 is 15.9 Å². The molecule has 2 aromatic carbocycles. The Morgan fingerprint density at radius 3 is 2.43 bits per heavy atom. The molecule has 4 N–H and O–H groups in total. The van der Waals surface area contributed by atoms with Crippen LogP contribution in [-0.4, -0.2) is 20.1 Å². The van der Waals surface area contributed by atoms with Gasteiger partial charge in [-0.3, -0.25) is 0 Å². The first kappa shape index (κ1) is 16.0. The quantitative estimate of drug-likeness (QED) is 0.702. The third-order valence-electron chi connectivity index (χ3n) is 2.96. The smallest absolute Gasteiger partial charge is 0.241 e. The highest BCUT2D eigenvalue weighted by atomic mass is 79.9. The standard InChI is InChI=1S/C14H15BrN2O3S/c15-12-7-6-11(8-13(12)16)21(19,20)17-14(9-18)10-4-2-1-3-5-10/h1-8,14,17-18H,9,16H2/t14-/m0/s1. The summed E-state index contributed by atoms with van der Waals surface area (Å²) >= 11 is 3.22. The fourth-order valence-corrected chi connectivity index (χ4v) is 3.34. The molecule has 0 aliphatic carbocycles. The van der Waals surface area contributed by atoms with Gasteiger partial charge in [-0.25, -0.2) is 13.1 Å². The van der Waals surface area contributed by atoms with E-state index in [0.29, 0.717) is 15.7 Å². The van der Waals surface area contributed by atoms with Crippen LogP contribution in [0.3, 0.4) is 0 Å². The molecule has 1 atom stereocenters. The van der Waals surface area contributed by atoms with Crippen LogP contribution in [0.2, 0.25) is 0 Å². The number of sulfonamides is 1. The first-order valence-corrected chi connectivity index (χ1v) is 8.45. The van der Waals surface area contributed by atoms with E-state index in [4.69, 9.17) is 5.73 Å². The summed E-state index contributed by atoms with van der Waals surface area (Å²) in [5, 5.41) is 9.43. The number of hydrogen-bond acceptors (Lipinski definition) is 4. The molecule has 112 valence electrons. The van der Waals surface area contributed by atoms with Crippen molar-refractivity contribution in [2.45, 2.75) is 10.9 Å². The monoisotopic (exact) mass is 370 g/mol. The Balaban J connectivity index is 2.29. The fourth-order valence-electron chi connectivity index (χ4n) is 1.84. The Morgan fingerprint density at radius 2 is 1.86 bits per heavy atom. The van der Waals surface area contributed by atoms with Gasteiger partial charge >= 0.3 is 0 Å². The van der Waals surface area contributed by atoms with Crippen molar-refractivity contribution in [3.8, 4) is 0 Å². The topological polar surface area (TPSA) is 92.4 Å². The molecule has 0 heterocycles. The second kappa shape index (κ2) is 6.57. The zero-order valence-corrected chi connectivity index (χ0v) is 13.4. The van der Waals surface area contributed by atoms with E-state index >= 15 is 0 Å². The number of aliphatic hydroxyl groups is 1. The molecule has 0 spiro atoms. The number of nitrogens with one attached hydrogen (secondary N) is 1. The Morgan fingerprint density at radius 1 is 1.19 bits per heavy atom. The van der Waals surface area contributed by atoms with E-state index in [-0.39, 0.29) is 11.5 Å². The average Bonchev–Trinajstić information content (AvgIpc) is 2.48. The molecule has 0 unspecified atom stereocenters. The summed E-state index contributed by atoms with van der Waals surface area (Å²) in [6.45, 7) is -0.338. The minimum atomic E-state index is -3.77. The van der Waals surface area contributed by atoms with Gasteiger partial charge in [0.25, 0.3) is 0 Å². The van der Waals surface area contributed by atoms with Crippen LogP contribution in [0, 0.1) is 0 Å². The van der Waals surface area contributed by atoms with Crippen molar-refractivity contribution in [2.75, 3.05) is 12.3 Å². The van der Waals surface area contributed by atoms with Gasteiger partial charge in [0.2, 0.25) is 10.0 Å². The van der Waals surface area contributed by atoms with Gasteiger partial charge in [0, 0.05) is 10.2 Å². The van der Waals surface area contributed by atoms with Crippen molar-refractivity contribution in [3.05, 3.63) is 58.6 Å². The minimum Gasteiger partial charge on any atom is -0.398 e. The van der Waals surface area contributed by atoms with Crippen LogP contribution in [0.15, 0.2) is 57.9 Å². The van der Waals surface area contributed by atoms with Crippen molar-refractivity contribution in [1.82, 2.24) is 4.72 Å². The lowest BCUT2D eigenvalue weighted by Gasteiger charge is -2.17. The summed E-state index contributed by atoms with van der Waals surface area (Å²) in [7, 11) is -3.77. The number of halogens is 1. The number of nitrogens with two attached hydrogens (primary N) is 1. The highest BCUT2D eigenvalue weighted by Crippen LogP contribution is 2.24. The Labute approximate surface area is 132 Å². The maximum absolute atomic E-state index is 12.3. The SMILES string of the molecule is Nc1cc(S(=O)(=O)N[C@@H](CO)c2ccccc2)ccc1Br. The van der Waals surface area contributed by atoms with Crippen molar-refractivity contribution in [3.63, 3.8) is 0 Å². The van der Waals surface area contributed by atoms with E-state index in [0.717, 1.165) is 0 Å². The molecule has 21 heavy (non-hydrogen) atoms. The summed E-state index contributed by atoms with van der Waals surface area (Å²) in [6, 6.07) is 12.6. The van der Waals surface area contributed by atoms with Crippen LogP contribution in [-0.2, 0) is 10.0 Å². The van der Waals surface area contributed by atoms with Gasteiger partial charge < -0.3 is 10.8 Å². The first-order valence-electron chi connectivity index (χ1n) is 6.17. The number of hydrogen-bond donors (Lipinski definition) is 3. The molecule has 2 rings (SSSR count). The number of aliphatic hydroxyl groups excluding tert-OH is 1. The van der Waals surface area contributed by atoms with Gasteiger partial charge in [0.15, 0.2) is 0 Å². The molecule has 0 aliphatic rings. The van der Waals surface area contributed by atoms with E-state index in [1.807, 2.05) is 6.07 Å². The summed E-state index contributed by atoms with van der Waals surface area (Å²) in [5.74, 6) is 0. The predicted octanol–water partition coefficient (Wildman–Crippen LogP) is 2.04. The zero-order chi connectivity index (χ0) is 15.5. The van der Waals surface area contributed by atoms with Crippen LogP contribution in [0.4, 0.5) is 5.69 Å². The molecule has 0 amide bonds. The largest absolute Gasteiger partial charge is 0.398 e. The number of anilines is 1. The van der Waals surface area contributed by atoms with Gasteiger partial charge in [-0.05, 0) is 39.7 Å². The number of benzene rings is 2. The lowest BCUT2D eigenvalue weighted by Crippen LogP contribution is -2.30. The average molecular weight is 371 g/mol. The molecule has 0 bridgehead atoms. The molecule has 0 saturated heterocycles. The fraction of sp³-hybridized carbons (Fsp3) is 0.143. The maximum atomic E-state index is 12.3.